The van der Waals surface area contributed by atoms with Gasteiger partial charge in [-0.2, -0.15) is 0 Å². The molecule has 2 unspecified atom stereocenters. The van der Waals surface area contributed by atoms with Crippen LogP contribution >= 0.6 is 0 Å². The molecule has 2 N–H and O–H groups in total. The Labute approximate surface area is 123 Å². The summed E-state index contributed by atoms with van der Waals surface area (Å²) in [5.74, 6) is 0.917. The topological polar surface area (TPSA) is 40.5 Å². The van der Waals surface area contributed by atoms with Crippen molar-refractivity contribution in [2.75, 3.05) is 0 Å². The summed E-state index contributed by atoms with van der Waals surface area (Å²) in [6, 6.07) is 0. The fraction of sp³-hybridized carbons (Fsp3) is 0.778. The Morgan fingerprint density at radius 2 is 2.20 bits per heavy atom. The van der Waals surface area contributed by atoms with E-state index in [1.54, 1.807) is 13.8 Å². The van der Waals surface area contributed by atoms with Gasteiger partial charge >= 0.3 is 0 Å². The summed E-state index contributed by atoms with van der Waals surface area (Å²) in [6.45, 7) is 8.22. The van der Waals surface area contributed by atoms with Crippen molar-refractivity contribution in [3.05, 3.63) is 23.8 Å². The molecule has 0 aromatic carbocycles. The normalized spacial score (nSPS) is 36.0. The third-order valence-corrected chi connectivity index (χ3v) is 5.28. The largest absolute Gasteiger partial charge is 0.393 e. The van der Waals surface area contributed by atoms with Crippen molar-refractivity contribution in [3.63, 3.8) is 0 Å². The minimum absolute atomic E-state index is 0.124. The van der Waals surface area contributed by atoms with Gasteiger partial charge in [-0.15, -0.1) is 0 Å². The van der Waals surface area contributed by atoms with Gasteiger partial charge in [-0.25, -0.2) is 0 Å². The maximum Gasteiger partial charge on any atom is 0.0771 e. The molecule has 1 fully saturated rings. The first kappa shape index (κ1) is 15.8. The summed E-state index contributed by atoms with van der Waals surface area (Å²) in [7, 11) is 0. The number of rotatable bonds is 4. The van der Waals surface area contributed by atoms with E-state index in [4.69, 9.17) is 0 Å². The molecule has 4 atom stereocenters. The van der Waals surface area contributed by atoms with Gasteiger partial charge in [-0.1, -0.05) is 37.6 Å². The van der Waals surface area contributed by atoms with Crippen molar-refractivity contribution >= 4 is 0 Å². The molecule has 0 aromatic heterocycles. The molecule has 2 rings (SSSR count). The van der Waals surface area contributed by atoms with Gasteiger partial charge < -0.3 is 10.2 Å². The predicted octanol–water partition coefficient (Wildman–Crippen LogP) is 3.84. The molecule has 0 spiro atoms. The lowest BCUT2D eigenvalue weighted by Crippen LogP contribution is -2.39. The van der Waals surface area contributed by atoms with Gasteiger partial charge in [-0.3, -0.25) is 0 Å². The lowest BCUT2D eigenvalue weighted by Gasteiger charge is -2.43. The van der Waals surface area contributed by atoms with Crippen molar-refractivity contribution in [2.45, 2.75) is 71.5 Å². The Kier molecular flexibility index (Phi) is 4.46. The van der Waals surface area contributed by atoms with E-state index in [0.717, 1.165) is 25.7 Å². The molecule has 0 saturated heterocycles. The highest BCUT2D eigenvalue weighted by atomic mass is 16.3. The van der Waals surface area contributed by atoms with Crippen LogP contribution in [-0.2, 0) is 0 Å². The van der Waals surface area contributed by atoms with Crippen molar-refractivity contribution < 1.29 is 10.2 Å². The molecule has 0 heterocycles. The third kappa shape index (κ3) is 3.17. The number of fused-ring (bicyclic) bond motifs is 1. The second kappa shape index (κ2) is 5.65. The summed E-state index contributed by atoms with van der Waals surface area (Å²) in [4.78, 5) is 0. The minimum atomic E-state index is -0.725. The molecular formula is C18H30O2. The average molecular weight is 278 g/mol. The van der Waals surface area contributed by atoms with E-state index in [1.807, 2.05) is 6.08 Å². The van der Waals surface area contributed by atoms with Crippen LogP contribution in [0.2, 0.25) is 0 Å². The molecule has 0 bridgehead atoms. The number of allylic oxidation sites excluding steroid dienone is 3. The van der Waals surface area contributed by atoms with Crippen LogP contribution in [0.3, 0.4) is 0 Å². The van der Waals surface area contributed by atoms with Crippen LogP contribution < -0.4 is 0 Å². The van der Waals surface area contributed by atoms with Crippen molar-refractivity contribution in [1.29, 1.82) is 0 Å². The smallest absolute Gasteiger partial charge is 0.0771 e. The quantitative estimate of drug-likeness (QED) is 0.767. The summed E-state index contributed by atoms with van der Waals surface area (Å²) in [5, 5.41) is 20.0. The lowest BCUT2D eigenvalue weighted by atomic mass is 9.63. The Hall–Kier alpha value is -0.600. The van der Waals surface area contributed by atoms with Crippen LogP contribution in [0.4, 0.5) is 0 Å². The standard InChI is InChI=1S/C18H30O2/c1-13(7-5-11-17(2,3)20)14-9-10-15-16(19)8-6-12-18(14,15)4/h5,9,11,13,15-16,19-20H,6-8,10,12H2,1-4H3/b11-5+/t13-,15?,16?,18+/m0/s1. The zero-order valence-corrected chi connectivity index (χ0v) is 13.4. The Morgan fingerprint density at radius 3 is 2.85 bits per heavy atom. The fourth-order valence-electron chi connectivity index (χ4n) is 4.20. The van der Waals surface area contributed by atoms with Gasteiger partial charge in [0.05, 0.1) is 11.7 Å². The molecule has 0 aromatic rings. The molecule has 0 aliphatic heterocycles. The third-order valence-electron chi connectivity index (χ3n) is 5.28. The molecule has 1 saturated carbocycles. The van der Waals surface area contributed by atoms with Crippen LogP contribution in [-0.4, -0.2) is 21.9 Å². The summed E-state index contributed by atoms with van der Waals surface area (Å²) < 4.78 is 0. The first-order valence-corrected chi connectivity index (χ1v) is 8.03. The highest BCUT2D eigenvalue weighted by Gasteiger charge is 2.47. The van der Waals surface area contributed by atoms with Crippen LogP contribution in [0.1, 0.15) is 59.8 Å². The SMILES string of the molecule is C[C@@H](C/C=C/C(C)(C)O)C1=CCC2C(O)CCC[C@]12C. The van der Waals surface area contributed by atoms with Crippen molar-refractivity contribution in [1.82, 2.24) is 0 Å². The molecule has 2 aliphatic carbocycles. The summed E-state index contributed by atoms with van der Waals surface area (Å²) >= 11 is 0. The number of aliphatic hydroxyl groups excluding tert-OH is 1. The maximum atomic E-state index is 10.2. The van der Waals surface area contributed by atoms with Gasteiger partial charge in [0.25, 0.3) is 0 Å². The second-order valence-corrected chi connectivity index (χ2v) is 7.57. The van der Waals surface area contributed by atoms with Gasteiger partial charge in [-0.05, 0) is 63.2 Å². The lowest BCUT2D eigenvalue weighted by molar-refractivity contribution is 0.00804. The van der Waals surface area contributed by atoms with Crippen LogP contribution in [0, 0.1) is 17.3 Å². The van der Waals surface area contributed by atoms with Crippen molar-refractivity contribution in [2.24, 2.45) is 17.3 Å². The zero-order valence-electron chi connectivity index (χ0n) is 13.4. The minimum Gasteiger partial charge on any atom is -0.393 e. The van der Waals surface area contributed by atoms with Gasteiger partial charge in [0.2, 0.25) is 0 Å². The van der Waals surface area contributed by atoms with E-state index >= 15 is 0 Å². The highest BCUT2D eigenvalue weighted by Crippen LogP contribution is 2.54. The van der Waals surface area contributed by atoms with Crippen LogP contribution in [0.15, 0.2) is 23.8 Å². The molecule has 20 heavy (non-hydrogen) atoms. The average Bonchev–Trinajstić information content (AvgIpc) is 2.66. The van der Waals surface area contributed by atoms with Gasteiger partial charge in [0, 0.05) is 0 Å². The van der Waals surface area contributed by atoms with E-state index in [0.29, 0.717) is 11.8 Å². The Morgan fingerprint density at radius 1 is 1.50 bits per heavy atom. The van der Waals surface area contributed by atoms with Crippen LogP contribution in [0.5, 0.6) is 0 Å². The van der Waals surface area contributed by atoms with Gasteiger partial charge in [0.1, 0.15) is 0 Å². The second-order valence-electron chi connectivity index (χ2n) is 7.57. The van der Waals surface area contributed by atoms with Crippen molar-refractivity contribution in [3.8, 4) is 0 Å². The number of hydrogen-bond donors (Lipinski definition) is 2. The van der Waals surface area contributed by atoms with Crippen LogP contribution in [0.25, 0.3) is 0 Å². The predicted molar refractivity (Wildman–Crippen MR) is 83.4 cm³/mol. The maximum absolute atomic E-state index is 10.2. The van der Waals surface area contributed by atoms with E-state index in [2.05, 4.69) is 26.0 Å². The summed E-state index contributed by atoms with van der Waals surface area (Å²) in [6.07, 6.45) is 11.5. The molecule has 0 amide bonds. The molecular weight excluding hydrogens is 248 g/mol. The zero-order chi connectivity index (χ0) is 15.0. The van der Waals surface area contributed by atoms with E-state index < -0.39 is 5.60 Å². The first-order valence-electron chi connectivity index (χ1n) is 8.03. The Balaban J connectivity index is 2.04. The number of aliphatic hydroxyl groups is 2. The summed E-state index contributed by atoms with van der Waals surface area (Å²) in [5.41, 5.74) is 0.998. The molecule has 0 radical (unpaired) electrons. The van der Waals surface area contributed by atoms with E-state index in [9.17, 15) is 10.2 Å². The molecule has 2 nitrogen and oxygen atoms in total. The fourth-order valence-corrected chi connectivity index (χ4v) is 4.20. The highest BCUT2D eigenvalue weighted by molar-refractivity contribution is 5.26. The monoisotopic (exact) mass is 278 g/mol. The molecule has 2 aliphatic rings. The number of hydrogen-bond acceptors (Lipinski definition) is 2. The van der Waals surface area contributed by atoms with E-state index in [1.165, 1.54) is 12.0 Å². The first-order chi connectivity index (χ1) is 9.24. The molecule has 2 heteroatoms. The Bertz CT molecular complexity index is 402. The van der Waals surface area contributed by atoms with E-state index in [-0.39, 0.29) is 11.5 Å². The molecule has 114 valence electrons. The van der Waals surface area contributed by atoms with Gasteiger partial charge in [0.15, 0.2) is 0 Å².